The first-order valence-corrected chi connectivity index (χ1v) is 2.73. The minimum atomic E-state index is 0.657. The summed E-state index contributed by atoms with van der Waals surface area (Å²) in [5.41, 5.74) is 0. The first-order valence-electron chi connectivity index (χ1n) is 2.73. The van der Waals surface area contributed by atoms with Crippen LogP contribution in [0.15, 0.2) is 4.99 Å². The average Bonchev–Trinajstić information content (AvgIpc) is 1.68. The number of hydrogen-bond acceptors (Lipinski definition) is 1. The SMILES string of the molecule is CCC(C)C=NC. The summed E-state index contributed by atoms with van der Waals surface area (Å²) in [6.07, 6.45) is 3.16. The molecule has 0 heterocycles. The van der Waals surface area contributed by atoms with E-state index in [2.05, 4.69) is 18.8 Å². The van der Waals surface area contributed by atoms with Crippen molar-refractivity contribution in [2.24, 2.45) is 10.9 Å². The smallest absolute Gasteiger partial charge is 0.0273 e. The second kappa shape index (κ2) is 3.85. The fourth-order valence-electron chi connectivity index (χ4n) is 0.360. The molecule has 0 N–H and O–H groups in total. The Bertz CT molecular complexity index is 57.2. The van der Waals surface area contributed by atoms with Crippen molar-refractivity contribution in [3.8, 4) is 0 Å². The maximum atomic E-state index is 3.88. The molecule has 1 heteroatoms. The predicted octanol–water partition coefficient (Wildman–Crippen LogP) is 1.73. The largest absolute Gasteiger partial charge is 0.301 e. The lowest BCUT2D eigenvalue weighted by molar-refractivity contribution is 0.753. The molecule has 0 rings (SSSR count). The summed E-state index contributed by atoms with van der Waals surface area (Å²) in [4.78, 5) is 3.88. The van der Waals surface area contributed by atoms with Crippen molar-refractivity contribution in [2.75, 3.05) is 7.05 Å². The average molecular weight is 99.2 g/mol. The van der Waals surface area contributed by atoms with Crippen molar-refractivity contribution in [3.63, 3.8) is 0 Å². The number of rotatable bonds is 2. The zero-order chi connectivity index (χ0) is 5.70. The molecule has 0 aliphatic rings. The molecule has 0 aliphatic carbocycles. The number of nitrogens with zero attached hydrogens (tertiary/aromatic N) is 1. The molecule has 0 radical (unpaired) electrons. The molecular weight excluding hydrogens is 86.1 g/mol. The number of hydrogen-bond donors (Lipinski definition) is 0. The van der Waals surface area contributed by atoms with Crippen molar-refractivity contribution in [3.05, 3.63) is 0 Å². The molecule has 0 amide bonds. The minimum Gasteiger partial charge on any atom is -0.301 e. The summed E-state index contributed by atoms with van der Waals surface area (Å²) in [7, 11) is 1.81. The summed E-state index contributed by atoms with van der Waals surface area (Å²) in [5.74, 6) is 0.657. The predicted molar refractivity (Wildman–Crippen MR) is 33.9 cm³/mol. The highest BCUT2D eigenvalue weighted by Gasteiger charge is 1.87. The molecule has 0 saturated carbocycles. The Kier molecular flexibility index (Phi) is 3.67. The van der Waals surface area contributed by atoms with Gasteiger partial charge in [0.25, 0.3) is 0 Å². The van der Waals surface area contributed by atoms with Gasteiger partial charge in [0.05, 0.1) is 0 Å². The standard InChI is InChI=1S/C6H13N/c1-4-6(2)5-7-3/h5-6H,4H2,1-3H3. The van der Waals surface area contributed by atoms with E-state index in [1.54, 1.807) is 0 Å². The van der Waals surface area contributed by atoms with Gasteiger partial charge >= 0.3 is 0 Å². The molecule has 0 aromatic rings. The van der Waals surface area contributed by atoms with Crippen LogP contribution in [-0.2, 0) is 0 Å². The van der Waals surface area contributed by atoms with E-state index in [4.69, 9.17) is 0 Å². The summed E-state index contributed by atoms with van der Waals surface area (Å²) in [6, 6.07) is 0. The van der Waals surface area contributed by atoms with E-state index in [0.29, 0.717) is 5.92 Å². The van der Waals surface area contributed by atoms with Gasteiger partial charge < -0.3 is 4.99 Å². The van der Waals surface area contributed by atoms with Crippen LogP contribution >= 0.6 is 0 Å². The molecule has 1 unspecified atom stereocenters. The molecule has 0 saturated heterocycles. The quantitative estimate of drug-likeness (QED) is 0.467. The molecule has 0 bridgehead atoms. The zero-order valence-electron chi connectivity index (χ0n) is 5.31. The Balaban J connectivity index is 3.16. The summed E-state index contributed by atoms with van der Waals surface area (Å²) in [6.45, 7) is 4.32. The van der Waals surface area contributed by atoms with Gasteiger partial charge in [0.1, 0.15) is 0 Å². The van der Waals surface area contributed by atoms with E-state index < -0.39 is 0 Å². The molecule has 7 heavy (non-hydrogen) atoms. The van der Waals surface area contributed by atoms with Crippen LogP contribution in [0.2, 0.25) is 0 Å². The monoisotopic (exact) mass is 99.1 g/mol. The highest BCUT2D eigenvalue weighted by atomic mass is 14.6. The lowest BCUT2D eigenvalue weighted by atomic mass is 10.1. The Hall–Kier alpha value is -0.330. The minimum absolute atomic E-state index is 0.657. The first kappa shape index (κ1) is 6.67. The van der Waals surface area contributed by atoms with E-state index in [1.807, 2.05) is 13.3 Å². The van der Waals surface area contributed by atoms with Gasteiger partial charge in [-0.1, -0.05) is 13.8 Å². The van der Waals surface area contributed by atoms with Gasteiger partial charge in [-0.3, -0.25) is 0 Å². The number of aliphatic imine (C=N–C) groups is 1. The Labute approximate surface area is 45.5 Å². The van der Waals surface area contributed by atoms with Crippen molar-refractivity contribution in [1.29, 1.82) is 0 Å². The molecule has 1 atom stereocenters. The van der Waals surface area contributed by atoms with Gasteiger partial charge in [-0.25, -0.2) is 0 Å². The van der Waals surface area contributed by atoms with Gasteiger partial charge in [0.15, 0.2) is 0 Å². The van der Waals surface area contributed by atoms with Crippen LogP contribution in [0.1, 0.15) is 20.3 Å². The Morgan fingerprint density at radius 1 is 1.71 bits per heavy atom. The van der Waals surface area contributed by atoms with Crippen LogP contribution < -0.4 is 0 Å². The van der Waals surface area contributed by atoms with Crippen LogP contribution in [0, 0.1) is 5.92 Å². The molecule has 0 fully saturated rings. The third kappa shape index (κ3) is 3.50. The van der Waals surface area contributed by atoms with Gasteiger partial charge in [-0.15, -0.1) is 0 Å². The van der Waals surface area contributed by atoms with Crippen LogP contribution in [0.25, 0.3) is 0 Å². The second-order valence-electron chi connectivity index (χ2n) is 1.79. The van der Waals surface area contributed by atoms with Crippen LogP contribution in [-0.4, -0.2) is 13.3 Å². The Morgan fingerprint density at radius 2 is 2.29 bits per heavy atom. The van der Waals surface area contributed by atoms with E-state index in [1.165, 1.54) is 6.42 Å². The molecule has 0 spiro atoms. The van der Waals surface area contributed by atoms with Gasteiger partial charge in [-0.2, -0.15) is 0 Å². The van der Waals surface area contributed by atoms with Crippen LogP contribution in [0.3, 0.4) is 0 Å². The van der Waals surface area contributed by atoms with Crippen molar-refractivity contribution in [2.45, 2.75) is 20.3 Å². The van der Waals surface area contributed by atoms with Gasteiger partial charge in [-0.05, 0) is 12.3 Å². The van der Waals surface area contributed by atoms with Crippen molar-refractivity contribution >= 4 is 6.21 Å². The highest BCUT2D eigenvalue weighted by molar-refractivity contribution is 5.59. The Morgan fingerprint density at radius 3 is 2.43 bits per heavy atom. The zero-order valence-corrected chi connectivity index (χ0v) is 5.31. The van der Waals surface area contributed by atoms with E-state index in [9.17, 15) is 0 Å². The third-order valence-electron chi connectivity index (χ3n) is 1.05. The highest BCUT2D eigenvalue weighted by Crippen LogP contribution is 1.93. The van der Waals surface area contributed by atoms with Gasteiger partial charge in [0.2, 0.25) is 0 Å². The third-order valence-corrected chi connectivity index (χ3v) is 1.05. The molecule has 0 aromatic carbocycles. The first-order chi connectivity index (χ1) is 3.31. The lowest BCUT2D eigenvalue weighted by Crippen LogP contribution is -1.90. The van der Waals surface area contributed by atoms with Gasteiger partial charge in [0, 0.05) is 13.3 Å². The molecule has 1 nitrogen and oxygen atoms in total. The maximum absolute atomic E-state index is 3.88. The summed E-state index contributed by atoms with van der Waals surface area (Å²) < 4.78 is 0. The molecule has 0 aliphatic heterocycles. The fourth-order valence-corrected chi connectivity index (χ4v) is 0.360. The second-order valence-corrected chi connectivity index (χ2v) is 1.79. The van der Waals surface area contributed by atoms with Crippen molar-refractivity contribution < 1.29 is 0 Å². The molecule has 42 valence electrons. The van der Waals surface area contributed by atoms with E-state index in [-0.39, 0.29) is 0 Å². The van der Waals surface area contributed by atoms with Crippen LogP contribution in [0.4, 0.5) is 0 Å². The lowest BCUT2D eigenvalue weighted by Gasteiger charge is -1.94. The van der Waals surface area contributed by atoms with E-state index in [0.717, 1.165) is 0 Å². The maximum Gasteiger partial charge on any atom is 0.0273 e. The molecule has 0 aromatic heterocycles. The summed E-state index contributed by atoms with van der Waals surface area (Å²) >= 11 is 0. The molecular formula is C6H13N. The van der Waals surface area contributed by atoms with Crippen LogP contribution in [0.5, 0.6) is 0 Å². The van der Waals surface area contributed by atoms with E-state index >= 15 is 0 Å². The normalized spacial score (nSPS) is 15.3. The summed E-state index contributed by atoms with van der Waals surface area (Å²) in [5, 5.41) is 0. The fraction of sp³-hybridized carbons (Fsp3) is 0.833. The topological polar surface area (TPSA) is 12.4 Å². The van der Waals surface area contributed by atoms with Crippen molar-refractivity contribution in [1.82, 2.24) is 0 Å².